The monoisotopic (exact) mass is 208 g/mol. The predicted molar refractivity (Wildman–Crippen MR) is 60.6 cm³/mol. The fourth-order valence-electron chi connectivity index (χ4n) is 3.68. The summed E-state index contributed by atoms with van der Waals surface area (Å²) in [6.45, 7) is 9.15. The molecule has 4 fully saturated rings. The molecule has 84 valence electrons. The molecule has 1 saturated heterocycles. The van der Waals surface area contributed by atoms with Gasteiger partial charge in [-0.2, -0.15) is 0 Å². The van der Waals surface area contributed by atoms with Crippen molar-refractivity contribution >= 4 is 7.12 Å². The quantitative estimate of drug-likeness (QED) is 0.617. The Hall–Kier alpha value is -0.0151. The third kappa shape index (κ3) is 1.26. The third-order valence-electron chi connectivity index (χ3n) is 4.97. The van der Waals surface area contributed by atoms with Gasteiger partial charge in [0.1, 0.15) is 0 Å². The molecule has 1 heterocycles. The molecule has 4 aliphatic rings. The third-order valence-corrected chi connectivity index (χ3v) is 4.97. The maximum absolute atomic E-state index is 6.09. The fraction of sp³-hybridized carbons (Fsp3) is 1.00. The minimum Gasteiger partial charge on any atom is -0.406 e. The van der Waals surface area contributed by atoms with Crippen molar-refractivity contribution in [3.8, 4) is 0 Å². The molecule has 0 amide bonds. The molecule has 0 aromatic heterocycles. The zero-order valence-electron chi connectivity index (χ0n) is 10.2. The molecule has 4 atom stereocenters. The largest absolute Gasteiger partial charge is 0.460 e. The second-order valence-corrected chi connectivity index (χ2v) is 6.48. The fourth-order valence-corrected chi connectivity index (χ4v) is 3.68. The van der Waals surface area contributed by atoms with Gasteiger partial charge in [-0.25, -0.2) is 0 Å². The molecule has 0 radical (unpaired) electrons. The molecule has 0 N–H and O–H groups in total. The van der Waals surface area contributed by atoms with Crippen molar-refractivity contribution in [2.45, 2.75) is 58.6 Å². The lowest BCUT2D eigenvalue weighted by Gasteiger charge is -2.60. The maximum Gasteiger partial charge on any atom is 0.460 e. The van der Waals surface area contributed by atoms with Crippen molar-refractivity contribution < 1.29 is 9.31 Å². The Bertz CT molecular complexity index is 277. The highest BCUT2D eigenvalue weighted by atomic mass is 16.7. The van der Waals surface area contributed by atoms with Crippen LogP contribution in [0.1, 0.15) is 40.5 Å². The highest BCUT2D eigenvalue weighted by Crippen LogP contribution is 2.61. The summed E-state index contributed by atoms with van der Waals surface area (Å²) < 4.78 is 12.1. The highest BCUT2D eigenvalue weighted by molar-refractivity contribution is 6.46. The van der Waals surface area contributed by atoms with E-state index < -0.39 is 0 Å². The molecule has 1 aliphatic heterocycles. The van der Waals surface area contributed by atoms with E-state index in [0.29, 0.717) is 23.4 Å². The van der Waals surface area contributed by atoms with Gasteiger partial charge in [-0.15, -0.1) is 0 Å². The van der Waals surface area contributed by atoms with Crippen LogP contribution in [0.3, 0.4) is 0 Å². The van der Waals surface area contributed by atoms with Gasteiger partial charge in [-0.05, 0) is 35.9 Å². The van der Waals surface area contributed by atoms with Crippen LogP contribution >= 0.6 is 0 Å². The SMILES string of the molecule is CC(C)B1OC2CC3CC(C2O1)C3(C)C. The predicted octanol–water partition coefficient (Wildman–Crippen LogP) is 2.73. The average Bonchev–Trinajstić information content (AvgIpc) is 2.59. The molecule has 2 nitrogen and oxygen atoms in total. The van der Waals surface area contributed by atoms with Crippen molar-refractivity contribution in [1.29, 1.82) is 0 Å². The molecule has 4 unspecified atom stereocenters. The highest BCUT2D eigenvalue weighted by Gasteiger charge is 2.62. The molecular weight excluding hydrogens is 187 g/mol. The van der Waals surface area contributed by atoms with E-state index in [9.17, 15) is 0 Å². The van der Waals surface area contributed by atoms with Crippen molar-refractivity contribution in [2.24, 2.45) is 17.3 Å². The van der Waals surface area contributed by atoms with E-state index in [2.05, 4.69) is 27.7 Å². The van der Waals surface area contributed by atoms with Crippen molar-refractivity contribution in [2.75, 3.05) is 0 Å². The summed E-state index contributed by atoms with van der Waals surface area (Å²) in [6, 6.07) is 0. The second kappa shape index (κ2) is 3.01. The summed E-state index contributed by atoms with van der Waals surface area (Å²) in [5.74, 6) is 2.10. The van der Waals surface area contributed by atoms with Crippen LogP contribution in [0.4, 0.5) is 0 Å². The maximum atomic E-state index is 6.09. The van der Waals surface area contributed by atoms with Gasteiger partial charge in [-0.1, -0.05) is 27.7 Å². The van der Waals surface area contributed by atoms with E-state index in [1.807, 2.05) is 0 Å². The van der Waals surface area contributed by atoms with E-state index >= 15 is 0 Å². The zero-order valence-corrected chi connectivity index (χ0v) is 10.2. The van der Waals surface area contributed by atoms with Crippen LogP contribution in [0.2, 0.25) is 5.82 Å². The van der Waals surface area contributed by atoms with Gasteiger partial charge in [-0.3, -0.25) is 0 Å². The van der Waals surface area contributed by atoms with Crippen LogP contribution in [-0.4, -0.2) is 19.3 Å². The first kappa shape index (κ1) is 10.2. The lowest BCUT2D eigenvalue weighted by molar-refractivity contribution is -0.150. The van der Waals surface area contributed by atoms with Crippen molar-refractivity contribution in [1.82, 2.24) is 0 Å². The topological polar surface area (TPSA) is 18.5 Å². The van der Waals surface area contributed by atoms with E-state index in [4.69, 9.17) is 9.31 Å². The Kier molecular flexibility index (Phi) is 2.04. The first-order valence-corrected chi connectivity index (χ1v) is 6.31. The number of rotatable bonds is 1. The molecule has 4 rings (SSSR count). The molecule has 15 heavy (non-hydrogen) atoms. The van der Waals surface area contributed by atoms with Gasteiger partial charge in [0.25, 0.3) is 0 Å². The van der Waals surface area contributed by atoms with Crippen molar-refractivity contribution in [3.05, 3.63) is 0 Å². The lowest BCUT2D eigenvalue weighted by Crippen LogP contribution is -2.59. The first-order chi connectivity index (χ1) is 7.00. The van der Waals surface area contributed by atoms with Crippen LogP contribution in [0.15, 0.2) is 0 Å². The minimum atomic E-state index is 0.0511. The Balaban J connectivity index is 1.77. The van der Waals surface area contributed by atoms with Gasteiger partial charge in [0.05, 0.1) is 12.2 Å². The van der Waals surface area contributed by atoms with E-state index in [0.717, 1.165) is 11.8 Å². The van der Waals surface area contributed by atoms with Gasteiger partial charge >= 0.3 is 7.12 Å². The molecule has 0 aromatic rings. The Labute approximate surface area is 92.9 Å². The summed E-state index contributed by atoms with van der Waals surface area (Å²) in [6.07, 6.45) is 3.37. The molecule has 3 saturated carbocycles. The summed E-state index contributed by atoms with van der Waals surface area (Å²) in [7, 11) is 0.0511. The zero-order chi connectivity index (χ0) is 10.8. The molecule has 3 heteroatoms. The molecule has 2 bridgehead atoms. The van der Waals surface area contributed by atoms with Crippen LogP contribution in [0.25, 0.3) is 0 Å². The molecule has 3 aliphatic carbocycles. The first-order valence-electron chi connectivity index (χ1n) is 6.31. The van der Waals surface area contributed by atoms with Gasteiger partial charge in [0.2, 0.25) is 0 Å². The van der Waals surface area contributed by atoms with Crippen LogP contribution < -0.4 is 0 Å². The number of hydrogen-bond donors (Lipinski definition) is 0. The van der Waals surface area contributed by atoms with Gasteiger partial charge in [0.15, 0.2) is 0 Å². The van der Waals surface area contributed by atoms with Crippen molar-refractivity contribution in [3.63, 3.8) is 0 Å². The Morgan fingerprint density at radius 2 is 1.93 bits per heavy atom. The smallest absolute Gasteiger partial charge is 0.406 e. The van der Waals surface area contributed by atoms with Crippen LogP contribution in [-0.2, 0) is 9.31 Å². The normalized spacial score (nSPS) is 46.6. The Morgan fingerprint density at radius 3 is 2.53 bits per heavy atom. The summed E-state index contributed by atoms with van der Waals surface area (Å²) in [4.78, 5) is 0. The minimum absolute atomic E-state index is 0.0511. The van der Waals surface area contributed by atoms with Gasteiger partial charge in [0, 0.05) is 0 Å². The van der Waals surface area contributed by atoms with Gasteiger partial charge < -0.3 is 9.31 Å². The summed E-state index contributed by atoms with van der Waals surface area (Å²) in [5, 5.41) is 0. The van der Waals surface area contributed by atoms with E-state index in [-0.39, 0.29) is 7.12 Å². The lowest BCUT2D eigenvalue weighted by atomic mass is 9.47. The second-order valence-electron chi connectivity index (χ2n) is 6.48. The molecular formula is C12H21BO2. The van der Waals surface area contributed by atoms with E-state index in [1.165, 1.54) is 12.8 Å². The Morgan fingerprint density at radius 1 is 1.20 bits per heavy atom. The molecule has 0 aromatic carbocycles. The molecule has 0 spiro atoms. The van der Waals surface area contributed by atoms with Crippen LogP contribution in [0.5, 0.6) is 0 Å². The van der Waals surface area contributed by atoms with Crippen LogP contribution in [0, 0.1) is 17.3 Å². The van der Waals surface area contributed by atoms with E-state index in [1.54, 1.807) is 0 Å². The number of hydrogen-bond acceptors (Lipinski definition) is 2. The summed E-state index contributed by atoms with van der Waals surface area (Å²) in [5.41, 5.74) is 0.496. The standard InChI is InChI=1S/C12H21BO2/c1-7(2)13-14-10-6-8-5-9(11(10)15-13)12(8,3)4/h7-11H,5-6H2,1-4H3. The summed E-state index contributed by atoms with van der Waals surface area (Å²) >= 11 is 0. The average molecular weight is 208 g/mol.